The standard InChI is InChI=1S/C25H32N4O/c30-19-13-23-20-27(17-18-28(23)15-6-10-22-8-2-1-3-9-22)21-24-11-7-16-29(24)25-12-4-5-14-26-25/h1-5,7-9,11-12,14,16,23,30H,6,10,13,15,17-21H2/t23-/m1/s1. The highest BCUT2D eigenvalue weighted by Gasteiger charge is 2.26. The van der Waals surface area contributed by atoms with Crippen molar-refractivity contribution in [3.63, 3.8) is 0 Å². The number of rotatable bonds is 9. The lowest BCUT2D eigenvalue weighted by molar-refractivity contribution is 0.0538. The lowest BCUT2D eigenvalue weighted by Gasteiger charge is -2.41. The van der Waals surface area contributed by atoms with Crippen molar-refractivity contribution in [3.05, 3.63) is 84.3 Å². The van der Waals surface area contributed by atoms with E-state index in [1.165, 1.54) is 11.3 Å². The van der Waals surface area contributed by atoms with Crippen LogP contribution in [0.2, 0.25) is 0 Å². The molecular weight excluding hydrogens is 372 g/mol. The van der Waals surface area contributed by atoms with E-state index in [-0.39, 0.29) is 6.61 Å². The molecule has 5 heteroatoms. The first-order chi connectivity index (χ1) is 14.8. The molecule has 30 heavy (non-hydrogen) atoms. The molecule has 4 rings (SSSR count). The van der Waals surface area contributed by atoms with Gasteiger partial charge in [0.2, 0.25) is 0 Å². The maximum atomic E-state index is 9.62. The smallest absolute Gasteiger partial charge is 0.136 e. The van der Waals surface area contributed by atoms with Crippen LogP contribution in [-0.4, -0.2) is 63.3 Å². The summed E-state index contributed by atoms with van der Waals surface area (Å²) in [4.78, 5) is 9.59. The molecule has 2 aromatic heterocycles. The molecule has 1 atom stereocenters. The van der Waals surface area contributed by atoms with Crippen molar-refractivity contribution in [2.75, 3.05) is 32.8 Å². The van der Waals surface area contributed by atoms with Crippen LogP contribution in [0.3, 0.4) is 0 Å². The lowest BCUT2D eigenvalue weighted by Crippen LogP contribution is -2.53. The van der Waals surface area contributed by atoms with E-state index in [1.807, 2.05) is 24.4 Å². The fourth-order valence-electron chi connectivity index (χ4n) is 4.44. The van der Waals surface area contributed by atoms with Gasteiger partial charge in [0.15, 0.2) is 0 Å². The van der Waals surface area contributed by atoms with E-state index >= 15 is 0 Å². The van der Waals surface area contributed by atoms with Crippen molar-refractivity contribution in [1.82, 2.24) is 19.4 Å². The first kappa shape index (κ1) is 20.8. The first-order valence-electron chi connectivity index (χ1n) is 11.0. The molecule has 3 aromatic rings. The lowest BCUT2D eigenvalue weighted by atomic mass is 10.1. The van der Waals surface area contributed by atoms with Gasteiger partial charge in [-0.25, -0.2) is 4.98 Å². The number of hydrogen-bond donors (Lipinski definition) is 1. The summed E-state index contributed by atoms with van der Waals surface area (Å²) in [5.74, 6) is 0.962. The number of aromatic nitrogens is 2. The van der Waals surface area contributed by atoms with Gasteiger partial charge in [0.25, 0.3) is 0 Å². The quantitative estimate of drug-likeness (QED) is 0.594. The Balaban J connectivity index is 1.34. The number of benzene rings is 1. The summed E-state index contributed by atoms with van der Waals surface area (Å²) in [6, 6.07) is 21.4. The maximum absolute atomic E-state index is 9.62. The van der Waals surface area contributed by atoms with Crippen LogP contribution < -0.4 is 0 Å². The van der Waals surface area contributed by atoms with Crippen LogP contribution in [0.25, 0.3) is 5.82 Å². The summed E-state index contributed by atoms with van der Waals surface area (Å²) < 4.78 is 2.17. The SMILES string of the molecule is OCC[C@@H]1CN(Cc2cccn2-c2ccccn2)CCN1CCCc1ccccc1. The van der Waals surface area contributed by atoms with E-state index in [2.05, 4.69) is 68.0 Å². The van der Waals surface area contributed by atoms with E-state index in [9.17, 15) is 5.11 Å². The Bertz CT molecular complexity index is 880. The second-order valence-corrected chi connectivity index (χ2v) is 8.08. The van der Waals surface area contributed by atoms with Crippen LogP contribution in [0.4, 0.5) is 0 Å². The highest BCUT2D eigenvalue weighted by molar-refractivity contribution is 5.27. The molecule has 0 spiro atoms. The number of aliphatic hydroxyl groups is 1. The summed E-state index contributed by atoms with van der Waals surface area (Å²) in [5.41, 5.74) is 2.67. The van der Waals surface area contributed by atoms with E-state index in [4.69, 9.17) is 0 Å². The number of pyridine rings is 1. The highest BCUT2D eigenvalue weighted by atomic mass is 16.3. The van der Waals surface area contributed by atoms with Crippen molar-refractivity contribution in [2.45, 2.75) is 31.8 Å². The number of aliphatic hydroxyl groups excluding tert-OH is 1. The van der Waals surface area contributed by atoms with Gasteiger partial charge in [0.1, 0.15) is 5.82 Å². The van der Waals surface area contributed by atoms with Gasteiger partial charge in [-0.05, 0) is 55.6 Å². The largest absolute Gasteiger partial charge is 0.396 e. The van der Waals surface area contributed by atoms with Crippen LogP contribution in [0.15, 0.2) is 73.1 Å². The van der Waals surface area contributed by atoms with Gasteiger partial charge in [-0.2, -0.15) is 0 Å². The topological polar surface area (TPSA) is 44.5 Å². The molecule has 0 unspecified atom stereocenters. The van der Waals surface area contributed by atoms with Crippen LogP contribution in [0.5, 0.6) is 0 Å². The fourth-order valence-corrected chi connectivity index (χ4v) is 4.44. The van der Waals surface area contributed by atoms with E-state index in [0.717, 1.165) is 57.8 Å². The zero-order valence-electron chi connectivity index (χ0n) is 17.6. The van der Waals surface area contributed by atoms with E-state index < -0.39 is 0 Å². The Morgan fingerprint density at radius 3 is 2.63 bits per heavy atom. The molecule has 1 N–H and O–H groups in total. The van der Waals surface area contributed by atoms with Crippen LogP contribution >= 0.6 is 0 Å². The predicted octanol–water partition coefficient (Wildman–Crippen LogP) is 3.37. The summed E-state index contributed by atoms with van der Waals surface area (Å²) in [6.07, 6.45) is 7.04. The van der Waals surface area contributed by atoms with Gasteiger partial charge < -0.3 is 9.67 Å². The minimum atomic E-state index is 0.248. The second-order valence-electron chi connectivity index (χ2n) is 8.08. The Hall–Kier alpha value is -2.47. The molecule has 0 saturated carbocycles. The Morgan fingerprint density at radius 1 is 0.967 bits per heavy atom. The molecule has 158 valence electrons. The third-order valence-corrected chi connectivity index (χ3v) is 6.02. The van der Waals surface area contributed by atoms with Gasteiger partial charge in [-0.1, -0.05) is 36.4 Å². The third kappa shape index (κ3) is 5.36. The molecule has 0 bridgehead atoms. The molecule has 1 saturated heterocycles. The van der Waals surface area contributed by atoms with Crippen LogP contribution in [0, 0.1) is 0 Å². The summed E-state index contributed by atoms with van der Waals surface area (Å²) in [7, 11) is 0. The van der Waals surface area contributed by atoms with Gasteiger partial charge in [-0.3, -0.25) is 9.80 Å². The Labute approximate surface area is 179 Å². The fraction of sp³-hybridized carbons (Fsp3) is 0.400. The predicted molar refractivity (Wildman–Crippen MR) is 121 cm³/mol. The van der Waals surface area contributed by atoms with E-state index in [0.29, 0.717) is 6.04 Å². The minimum absolute atomic E-state index is 0.248. The summed E-state index contributed by atoms with van der Waals surface area (Å²) >= 11 is 0. The van der Waals surface area contributed by atoms with Gasteiger partial charge in [0.05, 0.1) is 0 Å². The molecule has 0 amide bonds. The van der Waals surface area contributed by atoms with E-state index in [1.54, 1.807) is 0 Å². The average molecular weight is 405 g/mol. The van der Waals surface area contributed by atoms with Gasteiger partial charge >= 0.3 is 0 Å². The first-order valence-corrected chi connectivity index (χ1v) is 11.0. The highest BCUT2D eigenvalue weighted by Crippen LogP contribution is 2.18. The summed E-state index contributed by atoms with van der Waals surface area (Å²) in [6.45, 7) is 5.36. The number of aryl methyl sites for hydroxylation is 1. The van der Waals surface area contributed by atoms with Crippen molar-refractivity contribution < 1.29 is 5.11 Å². The molecular formula is C25H32N4O. The minimum Gasteiger partial charge on any atom is -0.396 e. The van der Waals surface area contributed by atoms with Crippen molar-refractivity contribution in [3.8, 4) is 5.82 Å². The molecule has 3 heterocycles. The number of hydrogen-bond acceptors (Lipinski definition) is 4. The van der Waals surface area contributed by atoms with Crippen LogP contribution in [0.1, 0.15) is 24.1 Å². The molecule has 0 aliphatic carbocycles. The molecule has 0 radical (unpaired) electrons. The Morgan fingerprint density at radius 2 is 1.83 bits per heavy atom. The number of piperazine rings is 1. The van der Waals surface area contributed by atoms with Crippen molar-refractivity contribution >= 4 is 0 Å². The van der Waals surface area contributed by atoms with Gasteiger partial charge in [-0.15, -0.1) is 0 Å². The monoisotopic (exact) mass is 404 g/mol. The maximum Gasteiger partial charge on any atom is 0.136 e. The zero-order chi connectivity index (χ0) is 20.6. The molecule has 1 aliphatic heterocycles. The summed E-state index contributed by atoms with van der Waals surface area (Å²) in [5, 5.41) is 9.62. The average Bonchev–Trinajstić information content (AvgIpc) is 3.25. The molecule has 1 aromatic carbocycles. The third-order valence-electron chi connectivity index (χ3n) is 6.02. The zero-order valence-corrected chi connectivity index (χ0v) is 17.6. The molecule has 1 fully saturated rings. The number of nitrogens with zero attached hydrogens (tertiary/aromatic N) is 4. The van der Waals surface area contributed by atoms with Crippen LogP contribution in [-0.2, 0) is 13.0 Å². The van der Waals surface area contributed by atoms with Crippen molar-refractivity contribution in [1.29, 1.82) is 0 Å². The Kier molecular flexibility index (Phi) is 7.29. The normalized spacial score (nSPS) is 18.0. The molecule has 5 nitrogen and oxygen atoms in total. The second kappa shape index (κ2) is 10.5. The van der Waals surface area contributed by atoms with Gasteiger partial charge in [0, 0.05) is 56.9 Å². The van der Waals surface area contributed by atoms with Crippen molar-refractivity contribution in [2.24, 2.45) is 0 Å². The molecule has 1 aliphatic rings.